The Labute approximate surface area is 243 Å². The summed E-state index contributed by atoms with van der Waals surface area (Å²) in [4.78, 5) is 12.2. The maximum Gasteiger partial charge on any atom is 1.00 e. The van der Waals surface area contributed by atoms with Crippen molar-refractivity contribution >= 4 is 16.0 Å². The Morgan fingerprint density at radius 3 is 2.41 bits per heavy atom. The summed E-state index contributed by atoms with van der Waals surface area (Å²) in [5.74, 6) is 0.522. The zero-order valence-electron chi connectivity index (χ0n) is 22.9. The van der Waals surface area contributed by atoms with Crippen LogP contribution in [0.25, 0.3) is 0 Å². The summed E-state index contributed by atoms with van der Waals surface area (Å²) < 4.78 is 32.2. The molecule has 0 bridgehead atoms. The normalized spacial score (nSPS) is 43.8. The van der Waals surface area contributed by atoms with Gasteiger partial charge in [-0.15, -0.1) is 0 Å². The van der Waals surface area contributed by atoms with Gasteiger partial charge in [-0.2, -0.15) is 0 Å². The van der Waals surface area contributed by atoms with Crippen molar-refractivity contribution in [1.82, 2.24) is 5.32 Å². The van der Waals surface area contributed by atoms with Gasteiger partial charge in [0.05, 0.1) is 34.2 Å². The summed E-state index contributed by atoms with van der Waals surface area (Å²) in [6.07, 6.45) is 5.58. The molecule has 9 nitrogen and oxygen atoms in total. The van der Waals surface area contributed by atoms with Gasteiger partial charge in [-0.3, -0.25) is 4.79 Å². The van der Waals surface area contributed by atoms with Gasteiger partial charge >= 0.3 is 29.6 Å². The van der Waals surface area contributed by atoms with Crippen molar-refractivity contribution in [3.05, 3.63) is 0 Å². The summed E-state index contributed by atoms with van der Waals surface area (Å²) in [5.41, 5.74) is -0.267. The Balaban J connectivity index is 0.00000241. The zero-order valence-corrected chi connectivity index (χ0v) is 25.7. The predicted octanol–water partition coefficient (Wildman–Crippen LogP) is -1.80. The largest absolute Gasteiger partial charge is 1.00 e. The second kappa shape index (κ2) is 12.4. The first kappa shape index (κ1) is 33.4. The number of hydrogen-bond acceptors (Lipinski definition) is 7. The Morgan fingerprint density at radius 1 is 1.08 bits per heavy atom. The van der Waals surface area contributed by atoms with Crippen LogP contribution >= 0.6 is 0 Å². The summed E-state index contributed by atoms with van der Waals surface area (Å²) in [5, 5.41) is 35.7. The van der Waals surface area contributed by atoms with E-state index in [1.807, 2.05) is 0 Å². The maximum atomic E-state index is 12.2. The molecule has 0 aromatic rings. The quantitative estimate of drug-likeness (QED) is 0.211. The van der Waals surface area contributed by atoms with Crippen molar-refractivity contribution in [3.63, 3.8) is 0 Å². The van der Waals surface area contributed by atoms with Gasteiger partial charge in [-0.25, -0.2) is 8.42 Å². The number of nitrogens with one attached hydrogen (secondary N) is 1. The molecule has 4 rings (SSSR count). The predicted molar refractivity (Wildman–Crippen MR) is 134 cm³/mol. The molecule has 4 aliphatic rings. The minimum Gasteiger partial charge on any atom is -0.748 e. The van der Waals surface area contributed by atoms with E-state index in [1.165, 1.54) is 0 Å². The number of hydrogen-bond donors (Lipinski definition) is 4. The third-order valence-corrected chi connectivity index (χ3v) is 11.7. The van der Waals surface area contributed by atoms with Gasteiger partial charge in [-0.1, -0.05) is 20.8 Å². The smallest absolute Gasteiger partial charge is 0.748 e. The zero-order chi connectivity index (χ0) is 25.8. The minimum atomic E-state index is -4.35. The van der Waals surface area contributed by atoms with Gasteiger partial charge in [-0.05, 0) is 97.7 Å². The van der Waals surface area contributed by atoms with Crippen LogP contribution in [0.4, 0.5) is 0 Å². The van der Waals surface area contributed by atoms with Gasteiger partial charge in [0.15, 0.2) is 0 Å². The van der Waals surface area contributed by atoms with Gasteiger partial charge in [0.1, 0.15) is 0 Å². The van der Waals surface area contributed by atoms with Crippen LogP contribution in [-0.2, 0) is 14.9 Å². The second-order valence-corrected chi connectivity index (χ2v) is 14.2. The first-order valence-electron chi connectivity index (χ1n) is 13.5. The maximum absolute atomic E-state index is 12.2. The minimum absolute atomic E-state index is 0. The standard InChI is InChI=1S/C26H45NO7S.Na.H2O/c1-15(4-7-23(31)27-10-11-35(32,33)34)18-5-6-19-24-20(14-22(30)26(18,19)3)25(2)9-8-17(28)12-16(25)13-21(24)29;;/h15-22,24,28-30H,4-14H2,1-3H3,(H,27,31)(H,32,33,34);;1H2/q;+1;/p-1/t15-,16?,17-,18-,19+,20+,21-,22+,24+,25+,26-;;/m1../s1. The molecule has 0 aliphatic heterocycles. The number of aliphatic hydroxyl groups is 3. The van der Waals surface area contributed by atoms with E-state index in [2.05, 4.69) is 26.1 Å². The van der Waals surface area contributed by atoms with Gasteiger partial charge < -0.3 is 30.7 Å². The third kappa shape index (κ3) is 6.43. The molecule has 11 atom stereocenters. The molecule has 1 unspecified atom stereocenters. The Hall–Kier alpha value is 0.220. The molecule has 0 radical (unpaired) electrons. The molecular weight excluding hydrogens is 509 g/mol. The summed E-state index contributed by atoms with van der Waals surface area (Å²) >= 11 is 0. The van der Waals surface area contributed by atoms with E-state index >= 15 is 0 Å². The van der Waals surface area contributed by atoms with E-state index in [-0.39, 0.29) is 100 Å². The number of aliphatic hydroxyl groups excluding tert-OH is 3. The molecule has 4 saturated carbocycles. The van der Waals surface area contributed by atoms with E-state index in [4.69, 9.17) is 0 Å². The van der Waals surface area contributed by atoms with Crippen LogP contribution in [0, 0.1) is 46.3 Å². The Morgan fingerprint density at radius 2 is 1.76 bits per heavy atom. The van der Waals surface area contributed by atoms with Crippen molar-refractivity contribution in [2.45, 2.75) is 96.9 Å². The fraction of sp³-hybridized carbons (Fsp3) is 0.962. The van der Waals surface area contributed by atoms with Crippen molar-refractivity contribution < 1.29 is 68.1 Å². The second-order valence-electron chi connectivity index (χ2n) is 12.7. The van der Waals surface area contributed by atoms with Crippen molar-refractivity contribution in [2.75, 3.05) is 12.3 Å². The van der Waals surface area contributed by atoms with E-state index in [0.29, 0.717) is 18.8 Å². The number of fused-ring (bicyclic) bond motifs is 5. The average molecular weight is 556 g/mol. The summed E-state index contributed by atoms with van der Waals surface area (Å²) in [7, 11) is -4.35. The SMILES string of the molecule is C[C@H](CCC(=O)NCCS(=O)(=O)[O-])[C@H]1CC[C@H]2[C@@H]3[C@H](O)CC4C[C@H](O)CC[C@]4(C)[C@H]3C[C@H](O)[C@]12C.O.[Na+]. The Kier molecular flexibility index (Phi) is 11.2. The van der Waals surface area contributed by atoms with Crippen LogP contribution < -0.4 is 34.9 Å². The average Bonchev–Trinajstić information content (AvgIpc) is 3.12. The molecule has 210 valence electrons. The molecule has 0 aromatic carbocycles. The fourth-order valence-corrected chi connectivity index (χ4v) is 9.45. The van der Waals surface area contributed by atoms with Crippen molar-refractivity contribution in [2.24, 2.45) is 46.3 Å². The number of carbonyl (C=O) groups excluding carboxylic acids is 1. The molecule has 0 saturated heterocycles. The first-order valence-corrected chi connectivity index (χ1v) is 15.1. The molecule has 0 heterocycles. The molecular formula is C26H46NNaO8S. The summed E-state index contributed by atoms with van der Waals surface area (Å²) in [6.45, 7) is 6.48. The monoisotopic (exact) mass is 555 g/mol. The van der Waals surface area contributed by atoms with Gasteiger partial charge in [0.2, 0.25) is 5.91 Å². The molecule has 6 N–H and O–H groups in total. The Bertz CT molecular complexity index is 905. The van der Waals surface area contributed by atoms with Crippen molar-refractivity contribution in [3.8, 4) is 0 Å². The van der Waals surface area contributed by atoms with Crippen LogP contribution in [0.1, 0.15) is 78.6 Å². The topological polar surface area (TPSA) is 178 Å². The molecule has 0 spiro atoms. The van der Waals surface area contributed by atoms with Crippen LogP contribution in [-0.4, -0.2) is 70.3 Å². The fourth-order valence-electron chi connectivity index (χ4n) is 9.10. The van der Waals surface area contributed by atoms with E-state index in [0.717, 1.165) is 38.5 Å². The van der Waals surface area contributed by atoms with E-state index in [9.17, 15) is 33.1 Å². The first-order chi connectivity index (χ1) is 16.3. The molecule has 37 heavy (non-hydrogen) atoms. The van der Waals surface area contributed by atoms with Crippen LogP contribution in [0.2, 0.25) is 0 Å². The molecule has 0 aromatic heterocycles. The van der Waals surface area contributed by atoms with Crippen LogP contribution in [0.15, 0.2) is 0 Å². The van der Waals surface area contributed by atoms with Crippen LogP contribution in [0.3, 0.4) is 0 Å². The van der Waals surface area contributed by atoms with Gasteiger partial charge in [0, 0.05) is 13.0 Å². The third-order valence-electron chi connectivity index (χ3n) is 11.0. The number of amides is 1. The van der Waals surface area contributed by atoms with E-state index < -0.39 is 28.1 Å². The van der Waals surface area contributed by atoms with Crippen molar-refractivity contribution in [1.29, 1.82) is 0 Å². The molecule has 4 aliphatic carbocycles. The van der Waals surface area contributed by atoms with E-state index in [1.54, 1.807) is 0 Å². The summed E-state index contributed by atoms with van der Waals surface area (Å²) in [6, 6.07) is 0. The van der Waals surface area contributed by atoms with Gasteiger partial charge in [0.25, 0.3) is 0 Å². The molecule has 11 heteroatoms. The van der Waals surface area contributed by atoms with Crippen LogP contribution in [0.5, 0.6) is 0 Å². The number of carbonyl (C=O) groups is 1. The number of rotatable bonds is 7. The molecule has 1 amide bonds. The molecule has 4 fully saturated rings.